The number of carbonyl (C=O) groups is 2. The molecule has 1 aliphatic heterocycles. The molecule has 0 spiro atoms. The van der Waals surface area contributed by atoms with Crippen molar-refractivity contribution in [2.75, 3.05) is 33.3 Å². The summed E-state index contributed by atoms with van der Waals surface area (Å²) in [5, 5.41) is 3.15. The highest BCUT2D eigenvalue weighted by Crippen LogP contribution is 2.38. The van der Waals surface area contributed by atoms with Gasteiger partial charge in [-0.2, -0.15) is 0 Å². The Balaban J connectivity index is 1.60. The van der Waals surface area contributed by atoms with Crippen LogP contribution in [0.3, 0.4) is 0 Å². The molecule has 2 heterocycles. The molecule has 2 aromatic carbocycles. The van der Waals surface area contributed by atoms with Crippen LogP contribution in [0.4, 0.5) is 5.00 Å². The van der Waals surface area contributed by atoms with Crippen molar-refractivity contribution in [3.8, 4) is 11.5 Å². The van der Waals surface area contributed by atoms with Gasteiger partial charge in [0.15, 0.2) is 11.5 Å². The summed E-state index contributed by atoms with van der Waals surface area (Å²) in [7, 11) is 0.545. The van der Waals surface area contributed by atoms with Gasteiger partial charge in [0.1, 0.15) is 5.00 Å². The predicted molar refractivity (Wildman–Crippen MR) is 131 cm³/mol. The van der Waals surface area contributed by atoms with Crippen LogP contribution in [0.1, 0.15) is 36.7 Å². The number of thiophene rings is 1. The highest BCUT2D eigenvalue weighted by atomic mass is 32.2. The summed E-state index contributed by atoms with van der Waals surface area (Å²) in [5.74, 6) is 0.320. The minimum atomic E-state index is -3.61. The first-order valence-electron chi connectivity index (χ1n) is 10.5. The van der Waals surface area contributed by atoms with Gasteiger partial charge < -0.3 is 19.5 Å². The van der Waals surface area contributed by atoms with Crippen molar-refractivity contribution in [1.82, 2.24) is 4.31 Å². The first-order chi connectivity index (χ1) is 16.6. The SMILES string of the molecule is COC(=O)c1c(NC(=O)c2ccc(S(=O)(=O)N(C)C)cc2)sc(Cc2ccc3c(c2)OCO3)c1C. The summed E-state index contributed by atoms with van der Waals surface area (Å²) >= 11 is 1.28. The Morgan fingerprint density at radius 1 is 1.09 bits per heavy atom. The predicted octanol–water partition coefficient (Wildman–Crippen LogP) is 3.67. The lowest BCUT2D eigenvalue weighted by Crippen LogP contribution is -2.22. The summed E-state index contributed by atoms with van der Waals surface area (Å²) in [5.41, 5.74) is 2.21. The average Bonchev–Trinajstić information content (AvgIpc) is 3.42. The number of nitrogens with zero attached hydrogens (tertiary/aromatic N) is 1. The number of fused-ring (bicyclic) bond motifs is 1. The molecule has 0 atom stereocenters. The second kappa shape index (κ2) is 9.68. The van der Waals surface area contributed by atoms with E-state index >= 15 is 0 Å². The van der Waals surface area contributed by atoms with Crippen LogP contribution in [0, 0.1) is 6.92 Å². The number of benzene rings is 2. The highest BCUT2D eigenvalue weighted by molar-refractivity contribution is 7.89. The van der Waals surface area contributed by atoms with Crippen LogP contribution in [0.25, 0.3) is 0 Å². The van der Waals surface area contributed by atoms with Crippen molar-refractivity contribution in [3.05, 3.63) is 69.6 Å². The number of carbonyl (C=O) groups excluding carboxylic acids is 2. The van der Waals surface area contributed by atoms with E-state index in [2.05, 4.69) is 5.32 Å². The molecule has 3 aromatic rings. The molecule has 0 saturated carbocycles. The number of methoxy groups -OCH3 is 1. The minimum Gasteiger partial charge on any atom is -0.465 e. The van der Waals surface area contributed by atoms with Gasteiger partial charge in [-0.05, 0) is 54.4 Å². The van der Waals surface area contributed by atoms with Gasteiger partial charge in [-0.3, -0.25) is 4.79 Å². The van der Waals surface area contributed by atoms with E-state index in [0.717, 1.165) is 14.7 Å². The molecule has 0 aliphatic carbocycles. The van der Waals surface area contributed by atoms with Crippen molar-refractivity contribution in [2.24, 2.45) is 0 Å². The third kappa shape index (κ3) is 4.88. The Bertz CT molecular complexity index is 1390. The molecule has 184 valence electrons. The van der Waals surface area contributed by atoms with Crippen LogP contribution in [0.15, 0.2) is 47.4 Å². The normalized spacial score (nSPS) is 12.6. The zero-order chi connectivity index (χ0) is 25.3. The molecule has 0 bridgehead atoms. The zero-order valence-electron chi connectivity index (χ0n) is 19.6. The third-order valence-electron chi connectivity index (χ3n) is 5.56. The lowest BCUT2D eigenvalue weighted by Gasteiger charge is -2.11. The number of rotatable bonds is 7. The largest absolute Gasteiger partial charge is 0.465 e. The number of ether oxygens (including phenoxy) is 3. The van der Waals surface area contributed by atoms with Crippen molar-refractivity contribution < 1.29 is 32.2 Å². The van der Waals surface area contributed by atoms with E-state index < -0.39 is 21.9 Å². The fourth-order valence-corrected chi connectivity index (χ4v) is 5.69. The molecule has 11 heteroatoms. The quantitative estimate of drug-likeness (QED) is 0.477. The van der Waals surface area contributed by atoms with Crippen LogP contribution in [0.5, 0.6) is 11.5 Å². The van der Waals surface area contributed by atoms with E-state index in [4.69, 9.17) is 14.2 Å². The molecule has 35 heavy (non-hydrogen) atoms. The molecule has 1 aromatic heterocycles. The van der Waals surface area contributed by atoms with Gasteiger partial charge in [-0.15, -0.1) is 11.3 Å². The molecule has 0 saturated heterocycles. The smallest absolute Gasteiger partial charge is 0.341 e. The fraction of sp³-hybridized carbons (Fsp3) is 0.250. The number of anilines is 1. The van der Waals surface area contributed by atoms with E-state index in [-0.39, 0.29) is 22.8 Å². The maximum absolute atomic E-state index is 12.9. The summed E-state index contributed by atoms with van der Waals surface area (Å²) in [6.45, 7) is 1.99. The number of nitrogens with one attached hydrogen (secondary N) is 1. The van der Waals surface area contributed by atoms with Gasteiger partial charge >= 0.3 is 5.97 Å². The average molecular weight is 517 g/mol. The molecule has 1 N–H and O–H groups in total. The van der Waals surface area contributed by atoms with E-state index in [1.165, 1.54) is 56.8 Å². The van der Waals surface area contributed by atoms with Gasteiger partial charge in [-0.1, -0.05) is 6.07 Å². The van der Waals surface area contributed by atoms with E-state index in [9.17, 15) is 18.0 Å². The highest BCUT2D eigenvalue weighted by Gasteiger charge is 2.25. The van der Waals surface area contributed by atoms with E-state index in [0.29, 0.717) is 28.5 Å². The van der Waals surface area contributed by atoms with Crippen LogP contribution in [0.2, 0.25) is 0 Å². The Hall–Kier alpha value is -3.41. The molecular weight excluding hydrogens is 492 g/mol. The molecule has 9 nitrogen and oxygen atoms in total. The van der Waals surface area contributed by atoms with Crippen molar-refractivity contribution in [1.29, 1.82) is 0 Å². The van der Waals surface area contributed by atoms with Crippen molar-refractivity contribution >= 4 is 38.2 Å². The molecule has 0 fully saturated rings. The van der Waals surface area contributed by atoms with Gasteiger partial charge in [0, 0.05) is 31.0 Å². The second-order valence-electron chi connectivity index (χ2n) is 7.98. The molecule has 4 rings (SSSR count). The Morgan fingerprint density at radius 2 is 1.77 bits per heavy atom. The van der Waals surface area contributed by atoms with Crippen LogP contribution in [-0.4, -0.2) is 52.6 Å². The first kappa shape index (κ1) is 24.7. The van der Waals surface area contributed by atoms with Crippen LogP contribution in [-0.2, 0) is 21.2 Å². The lowest BCUT2D eigenvalue weighted by atomic mass is 10.1. The fourth-order valence-electron chi connectivity index (χ4n) is 3.57. The number of hydrogen-bond acceptors (Lipinski definition) is 8. The monoisotopic (exact) mass is 516 g/mol. The lowest BCUT2D eigenvalue weighted by molar-refractivity contribution is 0.0601. The number of esters is 1. The van der Waals surface area contributed by atoms with E-state index in [1.807, 2.05) is 25.1 Å². The van der Waals surface area contributed by atoms with Gasteiger partial charge in [-0.25, -0.2) is 17.5 Å². The summed E-state index contributed by atoms with van der Waals surface area (Å²) in [6, 6.07) is 11.2. The molecule has 1 amide bonds. The second-order valence-corrected chi connectivity index (χ2v) is 11.2. The Labute approximate surface area is 207 Å². The topological polar surface area (TPSA) is 111 Å². The minimum absolute atomic E-state index is 0.0762. The Morgan fingerprint density at radius 3 is 2.43 bits per heavy atom. The standard InChI is InChI=1S/C24H24N2O7S2/c1-14-20(12-15-5-10-18-19(11-15)33-13-32-18)34-23(21(14)24(28)31-4)25-22(27)16-6-8-17(9-7-16)35(29,30)26(2)3/h5-11H,12-13H2,1-4H3,(H,25,27). The Kier molecular flexibility index (Phi) is 6.84. The van der Waals surface area contributed by atoms with Gasteiger partial charge in [0.2, 0.25) is 16.8 Å². The number of amides is 1. The molecule has 0 unspecified atom stereocenters. The molecule has 1 aliphatic rings. The number of hydrogen-bond donors (Lipinski definition) is 1. The van der Waals surface area contributed by atoms with Crippen LogP contribution < -0.4 is 14.8 Å². The van der Waals surface area contributed by atoms with Crippen molar-refractivity contribution in [2.45, 2.75) is 18.2 Å². The zero-order valence-corrected chi connectivity index (χ0v) is 21.2. The number of sulfonamides is 1. The van der Waals surface area contributed by atoms with Gasteiger partial charge in [0.05, 0.1) is 17.6 Å². The molecular formula is C24H24N2O7S2. The summed E-state index contributed by atoms with van der Waals surface area (Å²) in [6.07, 6.45) is 0.518. The molecule has 0 radical (unpaired) electrons. The summed E-state index contributed by atoms with van der Waals surface area (Å²) in [4.78, 5) is 26.4. The van der Waals surface area contributed by atoms with Gasteiger partial charge in [0.25, 0.3) is 5.91 Å². The van der Waals surface area contributed by atoms with Crippen LogP contribution >= 0.6 is 11.3 Å². The van der Waals surface area contributed by atoms with Crippen molar-refractivity contribution in [3.63, 3.8) is 0 Å². The maximum atomic E-state index is 12.9. The van der Waals surface area contributed by atoms with E-state index in [1.54, 1.807) is 0 Å². The first-order valence-corrected chi connectivity index (χ1v) is 12.8. The maximum Gasteiger partial charge on any atom is 0.341 e. The third-order valence-corrected chi connectivity index (χ3v) is 8.60. The summed E-state index contributed by atoms with van der Waals surface area (Å²) < 4.78 is 41.4.